The summed E-state index contributed by atoms with van der Waals surface area (Å²) in [6.07, 6.45) is 6.31. The third-order valence-corrected chi connectivity index (χ3v) is 2.50. The van der Waals surface area contributed by atoms with Crippen LogP contribution in [0.2, 0.25) is 0 Å². The van der Waals surface area contributed by atoms with Crippen molar-refractivity contribution in [1.29, 1.82) is 0 Å². The van der Waals surface area contributed by atoms with E-state index < -0.39 is 11.7 Å². The van der Waals surface area contributed by atoms with Crippen molar-refractivity contribution >= 4 is 11.8 Å². The molecule has 3 heteroatoms. The normalized spacial score (nSPS) is 10.7. The number of hydrogen-bond donors (Lipinski definition) is 1. The Kier molecular flexibility index (Phi) is 5.00. The molecule has 0 aliphatic carbocycles. The molecule has 0 saturated heterocycles. The maximum absolute atomic E-state index is 11.7. The molecular formula is C16H21NO2. The van der Waals surface area contributed by atoms with E-state index in [0.29, 0.717) is 6.42 Å². The van der Waals surface area contributed by atoms with Crippen molar-refractivity contribution in [2.24, 2.45) is 0 Å². The van der Waals surface area contributed by atoms with Crippen LogP contribution in [0, 0.1) is 19.3 Å². The lowest BCUT2D eigenvalue weighted by Gasteiger charge is -2.20. The number of nitrogens with one attached hydrogen (secondary N) is 1. The Bertz CT molecular complexity index is 492. The summed E-state index contributed by atoms with van der Waals surface area (Å²) in [5.41, 5.74) is 2.37. The molecular weight excluding hydrogens is 238 g/mol. The fourth-order valence-electron chi connectivity index (χ4n) is 1.59. The van der Waals surface area contributed by atoms with Gasteiger partial charge in [-0.15, -0.1) is 12.3 Å². The second-order valence-electron chi connectivity index (χ2n) is 5.48. The highest BCUT2D eigenvalue weighted by atomic mass is 16.6. The molecule has 0 aliphatic heterocycles. The van der Waals surface area contributed by atoms with Gasteiger partial charge in [-0.3, -0.25) is 5.32 Å². The second kappa shape index (κ2) is 6.29. The predicted molar refractivity (Wildman–Crippen MR) is 78.2 cm³/mol. The van der Waals surface area contributed by atoms with Crippen LogP contribution in [0.3, 0.4) is 0 Å². The van der Waals surface area contributed by atoms with Gasteiger partial charge in [-0.25, -0.2) is 4.79 Å². The fourth-order valence-corrected chi connectivity index (χ4v) is 1.59. The van der Waals surface area contributed by atoms with Gasteiger partial charge < -0.3 is 4.74 Å². The van der Waals surface area contributed by atoms with Gasteiger partial charge in [0, 0.05) is 12.1 Å². The maximum Gasteiger partial charge on any atom is 0.412 e. The monoisotopic (exact) mass is 259 g/mol. The first-order valence-electron chi connectivity index (χ1n) is 6.35. The highest BCUT2D eigenvalue weighted by Crippen LogP contribution is 2.19. The minimum Gasteiger partial charge on any atom is -0.444 e. The van der Waals surface area contributed by atoms with Gasteiger partial charge in [0.2, 0.25) is 0 Å². The molecule has 19 heavy (non-hydrogen) atoms. The molecule has 0 atom stereocenters. The van der Waals surface area contributed by atoms with Gasteiger partial charge in [-0.05, 0) is 51.3 Å². The fraction of sp³-hybridized carbons (Fsp3) is 0.438. The van der Waals surface area contributed by atoms with E-state index in [0.717, 1.165) is 23.2 Å². The van der Waals surface area contributed by atoms with Crippen LogP contribution in [-0.4, -0.2) is 11.7 Å². The number of carbonyl (C=O) groups excluding carboxylic acids is 1. The third-order valence-electron chi connectivity index (χ3n) is 2.50. The van der Waals surface area contributed by atoms with Gasteiger partial charge in [-0.2, -0.15) is 0 Å². The summed E-state index contributed by atoms with van der Waals surface area (Å²) < 4.78 is 5.24. The van der Waals surface area contributed by atoms with Gasteiger partial charge in [0.25, 0.3) is 0 Å². The van der Waals surface area contributed by atoms with E-state index in [1.165, 1.54) is 0 Å². The molecule has 0 aliphatic rings. The van der Waals surface area contributed by atoms with Gasteiger partial charge in [0.05, 0.1) is 0 Å². The Morgan fingerprint density at radius 1 is 1.42 bits per heavy atom. The van der Waals surface area contributed by atoms with E-state index in [9.17, 15) is 4.79 Å². The quantitative estimate of drug-likeness (QED) is 0.836. The zero-order valence-electron chi connectivity index (χ0n) is 12.0. The third kappa shape index (κ3) is 5.48. The van der Waals surface area contributed by atoms with Crippen LogP contribution in [0.4, 0.5) is 10.5 Å². The minimum absolute atomic E-state index is 0.440. The lowest BCUT2D eigenvalue weighted by Crippen LogP contribution is -2.27. The number of ether oxygens (including phenoxy) is 1. The van der Waals surface area contributed by atoms with Crippen LogP contribution >= 0.6 is 0 Å². The number of aryl methyl sites for hydroxylation is 2. The zero-order chi connectivity index (χ0) is 14.5. The molecule has 0 aromatic heterocycles. The van der Waals surface area contributed by atoms with Crippen molar-refractivity contribution < 1.29 is 9.53 Å². The van der Waals surface area contributed by atoms with Gasteiger partial charge >= 0.3 is 6.09 Å². The number of amides is 1. The summed E-state index contributed by atoms with van der Waals surface area (Å²) in [5, 5.41) is 2.77. The highest BCUT2D eigenvalue weighted by molar-refractivity contribution is 5.86. The Morgan fingerprint density at radius 3 is 2.68 bits per heavy atom. The average molecular weight is 259 g/mol. The number of benzene rings is 1. The largest absolute Gasteiger partial charge is 0.444 e. The van der Waals surface area contributed by atoms with Crippen molar-refractivity contribution in [2.45, 2.75) is 46.1 Å². The molecule has 3 nitrogen and oxygen atoms in total. The molecule has 0 fully saturated rings. The summed E-state index contributed by atoms with van der Waals surface area (Å²) in [5.74, 6) is 2.61. The van der Waals surface area contributed by atoms with Crippen molar-refractivity contribution in [2.75, 3.05) is 5.32 Å². The van der Waals surface area contributed by atoms with Crippen LogP contribution in [0.5, 0.6) is 0 Å². The molecule has 0 unspecified atom stereocenters. The number of carbonyl (C=O) groups is 1. The smallest absolute Gasteiger partial charge is 0.412 e. The van der Waals surface area contributed by atoms with Crippen molar-refractivity contribution in [3.63, 3.8) is 0 Å². The number of terminal acetylenes is 1. The van der Waals surface area contributed by atoms with Crippen LogP contribution in [0.15, 0.2) is 18.2 Å². The first kappa shape index (κ1) is 15.1. The summed E-state index contributed by atoms with van der Waals surface area (Å²) in [4.78, 5) is 11.7. The predicted octanol–water partition coefficient (Wildman–Crippen LogP) is 3.91. The van der Waals surface area contributed by atoms with E-state index >= 15 is 0 Å². The van der Waals surface area contributed by atoms with Gasteiger partial charge in [0.15, 0.2) is 0 Å². The second-order valence-corrected chi connectivity index (χ2v) is 5.48. The minimum atomic E-state index is -0.501. The average Bonchev–Trinajstić information content (AvgIpc) is 2.27. The summed E-state index contributed by atoms with van der Waals surface area (Å²) in [7, 11) is 0. The SMILES string of the molecule is C#CCCc1ccc(C)c(NC(=O)OC(C)(C)C)c1. The van der Waals surface area contributed by atoms with Crippen LogP contribution in [-0.2, 0) is 11.2 Å². The Morgan fingerprint density at radius 2 is 2.11 bits per heavy atom. The molecule has 0 bridgehead atoms. The molecule has 0 spiro atoms. The van der Waals surface area contributed by atoms with E-state index in [1.807, 2.05) is 45.9 Å². The van der Waals surface area contributed by atoms with E-state index in [-0.39, 0.29) is 0 Å². The van der Waals surface area contributed by atoms with Crippen molar-refractivity contribution in [1.82, 2.24) is 0 Å². The first-order valence-corrected chi connectivity index (χ1v) is 6.35. The molecule has 0 heterocycles. The highest BCUT2D eigenvalue weighted by Gasteiger charge is 2.16. The Hall–Kier alpha value is -1.95. The topological polar surface area (TPSA) is 38.3 Å². The molecule has 1 amide bonds. The molecule has 1 aromatic rings. The molecule has 0 saturated carbocycles. The van der Waals surface area contributed by atoms with Crippen LogP contribution in [0.1, 0.15) is 38.3 Å². The standard InChI is InChI=1S/C16H21NO2/c1-6-7-8-13-10-9-12(2)14(11-13)17-15(18)19-16(3,4)5/h1,9-11H,7-8H2,2-5H3,(H,17,18). The van der Waals surface area contributed by atoms with Crippen molar-refractivity contribution in [3.8, 4) is 12.3 Å². The zero-order valence-corrected chi connectivity index (χ0v) is 12.0. The molecule has 102 valence electrons. The molecule has 1 aromatic carbocycles. The number of hydrogen-bond acceptors (Lipinski definition) is 2. The summed E-state index contributed by atoms with van der Waals surface area (Å²) in [6, 6.07) is 5.93. The van der Waals surface area contributed by atoms with Crippen LogP contribution in [0.25, 0.3) is 0 Å². The molecule has 1 N–H and O–H groups in total. The number of rotatable bonds is 3. The first-order chi connectivity index (χ1) is 8.81. The van der Waals surface area contributed by atoms with E-state index in [1.54, 1.807) is 0 Å². The van der Waals surface area contributed by atoms with Gasteiger partial charge in [0.1, 0.15) is 5.60 Å². The summed E-state index contributed by atoms with van der Waals surface area (Å²) in [6.45, 7) is 7.45. The van der Waals surface area contributed by atoms with E-state index in [2.05, 4.69) is 11.2 Å². The van der Waals surface area contributed by atoms with Gasteiger partial charge in [-0.1, -0.05) is 12.1 Å². The summed E-state index contributed by atoms with van der Waals surface area (Å²) >= 11 is 0. The lowest BCUT2D eigenvalue weighted by atomic mass is 10.1. The maximum atomic E-state index is 11.7. The number of anilines is 1. The van der Waals surface area contributed by atoms with E-state index in [4.69, 9.17) is 11.2 Å². The Balaban J connectivity index is 2.77. The van der Waals surface area contributed by atoms with Crippen molar-refractivity contribution in [3.05, 3.63) is 29.3 Å². The van der Waals surface area contributed by atoms with Crippen LogP contribution < -0.4 is 5.32 Å². The lowest BCUT2D eigenvalue weighted by molar-refractivity contribution is 0.0636. The molecule has 1 rings (SSSR count). The molecule has 0 radical (unpaired) electrons. The Labute approximate surface area is 115 Å².